The fourth-order valence-electron chi connectivity index (χ4n) is 2.02. The molecule has 0 fully saturated rings. The van der Waals surface area contributed by atoms with Crippen LogP contribution in [-0.2, 0) is 0 Å². The van der Waals surface area contributed by atoms with Gasteiger partial charge in [0.25, 0.3) is 0 Å². The summed E-state index contributed by atoms with van der Waals surface area (Å²) in [5, 5.41) is 0. The quantitative estimate of drug-likeness (QED) is 0.685. The van der Waals surface area contributed by atoms with Crippen molar-refractivity contribution in [1.82, 2.24) is 14.4 Å². The Bertz CT molecular complexity index is 714. The van der Waals surface area contributed by atoms with Crippen molar-refractivity contribution < 1.29 is 0 Å². The monoisotopic (exact) mass is 301 g/mol. The van der Waals surface area contributed by atoms with Gasteiger partial charge in [0, 0.05) is 29.2 Å². The fourth-order valence-corrected chi connectivity index (χ4v) is 2.41. The van der Waals surface area contributed by atoms with Gasteiger partial charge in [-0.05, 0) is 47.5 Å². The number of imidazole rings is 1. The van der Waals surface area contributed by atoms with E-state index in [1.807, 2.05) is 29.8 Å². The van der Waals surface area contributed by atoms with Gasteiger partial charge in [0.05, 0.1) is 6.20 Å². The van der Waals surface area contributed by atoms with Crippen molar-refractivity contribution in [1.29, 1.82) is 0 Å². The van der Waals surface area contributed by atoms with E-state index in [0.29, 0.717) is 0 Å². The molecular formula is C14H12BrN3. The molecule has 3 heterocycles. The molecule has 4 heteroatoms. The second kappa shape index (κ2) is 4.21. The Kier molecular flexibility index (Phi) is 2.67. The van der Waals surface area contributed by atoms with E-state index < -0.39 is 0 Å². The maximum Gasteiger partial charge on any atom is 0.137 e. The summed E-state index contributed by atoms with van der Waals surface area (Å²) in [4.78, 5) is 8.68. The molecule has 0 aromatic carbocycles. The van der Waals surface area contributed by atoms with Crippen LogP contribution in [0, 0.1) is 13.8 Å². The number of aryl methyl sites for hydroxylation is 2. The molecule has 0 aliphatic carbocycles. The number of nitrogens with zero attached hydrogens (tertiary/aromatic N) is 3. The molecule has 3 aromatic rings. The van der Waals surface area contributed by atoms with Gasteiger partial charge in [0.15, 0.2) is 0 Å². The first kappa shape index (κ1) is 11.4. The van der Waals surface area contributed by atoms with Crippen molar-refractivity contribution in [3.63, 3.8) is 0 Å². The molecule has 3 rings (SSSR count). The minimum Gasteiger partial charge on any atom is -0.294 e. The summed E-state index contributed by atoms with van der Waals surface area (Å²) in [7, 11) is 0. The highest BCUT2D eigenvalue weighted by molar-refractivity contribution is 9.10. The Morgan fingerprint density at radius 2 is 1.94 bits per heavy atom. The molecule has 0 spiro atoms. The minimum atomic E-state index is 0.947. The summed E-state index contributed by atoms with van der Waals surface area (Å²) < 4.78 is 2.99. The van der Waals surface area contributed by atoms with Crippen LogP contribution in [-0.4, -0.2) is 14.4 Å². The summed E-state index contributed by atoms with van der Waals surface area (Å²) in [6.07, 6.45) is 5.81. The van der Waals surface area contributed by atoms with Crippen LogP contribution in [0.25, 0.3) is 16.8 Å². The molecule has 0 atom stereocenters. The van der Waals surface area contributed by atoms with Crippen molar-refractivity contribution in [2.45, 2.75) is 13.8 Å². The van der Waals surface area contributed by atoms with Crippen molar-refractivity contribution in [3.8, 4) is 11.1 Å². The third-order valence-corrected chi connectivity index (χ3v) is 3.62. The third kappa shape index (κ3) is 1.82. The topological polar surface area (TPSA) is 30.2 Å². The van der Waals surface area contributed by atoms with Crippen LogP contribution in [0.15, 0.2) is 41.4 Å². The van der Waals surface area contributed by atoms with Crippen molar-refractivity contribution in [2.75, 3.05) is 0 Å². The third-order valence-electron chi connectivity index (χ3n) is 3.03. The van der Waals surface area contributed by atoms with Crippen LogP contribution < -0.4 is 0 Å². The lowest BCUT2D eigenvalue weighted by Gasteiger charge is -2.07. The second-order valence-corrected chi connectivity index (χ2v) is 5.18. The molecule has 0 unspecified atom stereocenters. The Morgan fingerprint density at radius 3 is 2.67 bits per heavy atom. The van der Waals surface area contributed by atoms with Crippen LogP contribution in [0.4, 0.5) is 0 Å². The molecular weight excluding hydrogens is 290 g/mol. The predicted octanol–water partition coefficient (Wildman–Crippen LogP) is 3.78. The maximum atomic E-state index is 4.35. The molecule has 0 aliphatic heterocycles. The van der Waals surface area contributed by atoms with E-state index in [0.717, 1.165) is 21.5 Å². The van der Waals surface area contributed by atoms with Gasteiger partial charge in [0.1, 0.15) is 10.3 Å². The molecule has 90 valence electrons. The number of fused-ring (bicyclic) bond motifs is 1. The van der Waals surface area contributed by atoms with Crippen LogP contribution >= 0.6 is 15.9 Å². The SMILES string of the molecule is Cc1ccc(-c2cn3c(Br)cnc3cc2C)cn1. The summed E-state index contributed by atoms with van der Waals surface area (Å²) in [6.45, 7) is 4.09. The highest BCUT2D eigenvalue weighted by atomic mass is 79.9. The van der Waals surface area contributed by atoms with Gasteiger partial charge in [-0.3, -0.25) is 9.38 Å². The Labute approximate surface area is 114 Å². The first-order valence-corrected chi connectivity index (χ1v) is 6.51. The number of hydrogen-bond donors (Lipinski definition) is 0. The number of rotatable bonds is 1. The number of halogens is 1. The number of hydrogen-bond acceptors (Lipinski definition) is 2. The smallest absolute Gasteiger partial charge is 0.137 e. The Morgan fingerprint density at radius 1 is 1.11 bits per heavy atom. The molecule has 0 saturated heterocycles. The first-order chi connectivity index (χ1) is 8.65. The van der Waals surface area contributed by atoms with Crippen molar-refractivity contribution in [3.05, 3.63) is 52.7 Å². The lowest BCUT2D eigenvalue weighted by Crippen LogP contribution is -1.92. The molecule has 0 saturated carbocycles. The molecule has 3 aromatic heterocycles. The van der Waals surface area contributed by atoms with Crippen LogP contribution in [0.3, 0.4) is 0 Å². The lowest BCUT2D eigenvalue weighted by atomic mass is 10.0. The summed E-state index contributed by atoms with van der Waals surface area (Å²) in [6, 6.07) is 6.21. The molecule has 0 bridgehead atoms. The van der Waals surface area contributed by atoms with Crippen LogP contribution in [0.1, 0.15) is 11.3 Å². The van der Waals surface area contributed by atoms with E-state index in [4.69, 9.17) is 0 Å². The second-order valence-electron chi connectivity index (χ2n) is 4.37. The fraction of sp³-hybridized carbons (Fsp3) is 0.143. The average molecular weight is 302 g/mol. The van der Waals surface area contributed by atoms with E-state index in [9.17, 15) is 0 Å². The normalized spacial score (nSPS) is 11.1. The van der Waals surface area contributed by atoms with E-state index in [-0.39, 0.29) is 0 Å². The van der Waals surface area contributed by atoms with E-state index in [1.165, 1.54) is 11.1 Å². The van der Waals surface area contributed by atoms with Gasteiger partial charge >= 0.3 is 0 Å². The highest BCUT2D eigenvalue weighted by Crippen LogP contribution is 2.25. The zero-order valence-electron chi connectivity index (χ0n) is 10.2. The van der Waals surface area contributed by atoms with E-state index in [1.54, 1.807) is 0 Å². The van der Waals surface area contributed by atoms with Crippen LogP contribution in [0.5, 0.6) is 0 Å². The lowest BCUT2D eigenvalue weighted by molar-refractivity contribution is 1.14. The summed E-state index contributed by atoms with van der Waals surface area (Å²) >= 11 is 3.49. The molecule has 3 nitrogen and oxygen atoms in total. The van der Waals surface area contributed by atoms with Gasteiger partial charge in [-0.15, -0.1) is 0 Å². The zero-order chi connectivity index (χ0) is 12.7. The van der Waals surface area contributed by atoms with Gasteiger partial charge in [-0.2, -0.15) is 0 Å². The largest absolute Gasteiger partial charge is 0.294 e. The summed E-state index contributed by atoms with van der Waals surface area (Å²) in [5.41, 5.74) is 5.48. The molecule has 0 aliphatic rings. The molecule has 0 N–H and O–H groups in total. The minimum absolute atomic E-state index is 0.947. The van der Waals surface area contributed by atoms with E-state index in [2.05, 4.69) is 51.2 Å². The van der Waals surface area contributed by atoms with Gasteiger partial charge < -0.3 is 0 Å². The standard InChI is InChI=1S/C14H12BrN3/c1-9-5-14-17-7-13(15)18(14)8-12(9)11-4-3-10(2)16-6-11/h3-8H,1-2H3. The van der Waals surface area contributed by atoms with Crippen molar-refractivity contribution >= 4 is 21.6 Å². The molecule has 0 radical (unpaired) electrons. The van der Waals surface area contributed by atoms with Gasteiger partial charge in [-0.25, -0.2) is 4.98 Å². The first-order valence-electron chi connectivity index (χ1n) is 5.71. The Hall–Kier alpha value is -1.68. The van der Waals surface area contributed by atoms with Gasteiger partial charge in [0.2, 0.25) is 0 Å². The predicted molar refractivity (Wildman–Crippen MR) is 75.6 cm³/mol. The van der Waals surface area contributed by atoms with Gasteiger partial charge in [-0.1, -0.05) is 6.07 Å². The Balaban J connectivity index is 2.24. The van der Waals surface area contributed by atoms with E-state index >= 15 is 0 Å². The van der Waals surface area contributed by atoms with Crippen molar-refractivity contribution in [2.24, 2.45) is 0 Å². The zero-order valence-corrected chi connectivity index (χ0v) is 11.8. The number of pyridine rings is 2. The molecule has 0 amide bonds. The number of aromatic nitrogens is 3. The summed E-state index contributed by atoms with van der Waals surface area (Å²) in [5.74, 6) is 0. The van der Waals surface area contributed by atoms with Crippen LogP contribution in [0.2, 0.25) is 0 Å². The molecule has 18 heavy (non-hydrogen) atoms. The highest BCUT2D eigenvalue weighted by Gasteiger charge is 2.07. The maximum absolute atomic E-state index is 4.35. The average Bonchev–Trinajstić information content (AvgIpc) is 2.71.